The fourth-order valence-corrected chi connectivity index (χ4v) is 3.37. The molecular weight excluding hydrogens is 508 g/mol. The predicted molar refractivity (Wildman–Crippen MR) is 143 cm³/mol. The highest BCUT2D eigenvalue weighted by molar-refractivity contribution is 5.99. The molecule has 0 bridgehead atoms. The summed E-state index contributed by atoms with van der Waals surface area (Å²) in [5, 5.41) is 24.8. The molecule has 2 heterocycles. The average Bonchev–Trinajstić information content (AvgIpc) is 2.83. The van der Waals surface area contributed by atoms with Crippen molar-refractivity contribution in [2.75, 3.05) is 18.0 Å². The van der Waals surface area contributed by atoms with Gasteiger partial charge in [0.1, 0.15) is 17.4 Å². The number of carbonyl (C=O) groups is 3. The molecule has 39 heavy (non-hydrogen) atoms. The van der Waals surface area contributed by atoms with Crippen molar-refractivity contribution in [3.05, 3.63) is 41.2 Å². The van der Waals surface area contributed by atoms with Crippen LogP contribution in [0.15, 0.2) is 24.4 Å². The molecule has 0 spiro atoms. The lowest BCUT2D eigenvalue weighted by atomic mass is 10.1. The topological polar surface area (TPSA) is 229 Å². The summed E-state index contributed by atoms with van der Waals surface area (Å²) in [6.07, 6.45) is 4.41. The lowest BCUT2D eigenvalue weighted by molar-refractivity contribution is -0.139. The van der Waals surface area contributed by atoms with E-state index in [4.69, 9.17) is 16.2 Å². The van der Waals surface area contributed by atoms with Crippen LogP contribution in [-0.2, 0) is 9.53 Å². The summed E-state index contributed by atoms with van der Waals surface area (Å²) < 4.78 is 5.12. The summed E-state index contributed by atoms with van der Waals surface area (Å²) in [5.41, 5.74) is 12.2. The number of hydrogen-bond acceptors (Lipinski definition) is 11. The number of anilines is 2. The zero-order valence-corrected chi connectivity index (χ0v) is 21.6. The molecule has 0 aliphatic rings. The molecule has 0 fully saturated rings. The van der Waals surface area contributed by atoms with E-state index in [1.807, 2.05) is 0 Å². The number of nitrogen functional groups attached to an aromatic ring is 2. The Hall–Kier alpha value is -5.01. The third-order valence-electron chi connectivity index (χ3n) is 5.12. The van der Waals surface area contributed by atoms with Gasteiger partial charge in [-0.05, 0) is 57.4 Å². The van der Waals surface area contributed by atoms with Gasteiger partial charge >= 0.3 is 12.1 Å². The van der Waals surface area contributed by atoms with Crippen LogP contribution in [0.2, 0.25) is 0 Å². The fourth-order valence-electron chi connectivity index (χ4n) is 3.37. The van der Waals surface area contributed by atoms with Gasteiger partial charge in [-0.1, -0.05) is 12.1 Å². The molecule has 14 heteroatoms. The summed E-state index contributed by atoms with van der Waals surface area (Å²) in [5.74, 6) is -2.27. The number of ether oxygens (including phenoxy) is 1. The number of fused-ring (bicyclic) bond motifs is 1. The van der Waals surface area contributed by atoms with Crippen LogP contribution < -0.4 is 22.1 Å². The van der Waals surface area contributed by atoms with Crippen LogP contribution in [0.3, 0.4) is 0 Å². The number of aromatic nitrogens is 4. The fraction of sp³-hybridized carbons (Fsp3) is 0.320. The molecule has 2 amide bonds. The second kappa shape index (κ2) is 12.0. The van der Waals surface area contributed by atoms with Crippen molar-refractivity contribution in [3.63, 3.8) is 0 Å². The largest absolute Gasteiger partial charge is 0.507 e. The highest BCUT2D eigenvalue weighted by atomic mass is 16.6. The van der Waals surface area contributed by atoms with E-state index in [1.54, 1.807) is 39.0 Å². The summed E-state index contributed by atoms with van der Waals surface area (Å²) in [6.45, 7) is 5.34. The third kappa shape index (κ3) is 8.24. The molecular formula is C25H30N8O6. The number of benzene rings is 1. The van der Waals surface area contributed by atoms with Crippen molar-refractivity contribution in [1.29, 1.82) is 0 Å². The van der Waals surface area contributed by atoms with Gasteiger partial charge < -0.3 is 37.1 Å². The number of carbonyl (C=O) groups excluding carboxylic acids is 2. The molecule has 14 nitrogen and oxygen atoms in total. The van der Waals surface area contributed by atoms with Crippen LogP contribution in [0.4, 0.5) is 16.6 Å². The molecule has 0 saturated carbocycles. The normalized spacial score (nSPS) is 12.3. The van der Waals surface area contributed by atoms with Crippen molar-refractivity contribution in [2.24, 2.45) is 0 Å². The summed E-state index contributed by atoms with van der Waals surface area (Å²) in [7, 11) is 0. The molecule has 8 N–H and O–H groups in total. The van der Waals surface area contributed by atoms with Crippen LogP contribution in [0.25, 0.3) is 23.3 Å². The molecule has 2 aromatic heterocycles. The second-order valence-electron chi connectivity index (χ2n) is 9.48. The van der Waals surface area contributed by atoms with Gasteiger partial charge in [0, 0.05) is 6.54 Å². The number of phenols is 1. The number of aliphatic carboxylic acids is 1. The Morgan fingerprint density at radius 3 is 2.54 bits per heavy atom. The molecule has 206 valence electrons. The predicted octanol–water partition coefficient (Wildman–Crippen LogP) is 1.95. The number of nitrogens with zero attached hydrogens (tertiary/aromatic N) is 4. The van der Waals surface area contributed by atoms with Crippen molar-refractivity contribution >= 4 is 53.1 Å². The molecule has 1 aromatic carbocycles. The van der Waals surface area contributed by atoms with Gasteiger partial charge in [0.25, 0.3) is 5.91 Å². The third-order valence-corrected chi connectivity index (χ3v) is 5.12. The van der Waals surface area contributed by atoms with Crippen LogP contribution in [0, 0.1) is 0 Å². The van der Waals surface area contributed by atoms with Crippen LogP contribution in [0.5, 0.6) is 5.75 Å². The summed E-state index contributed by atoms with van der Waals surface area (Å²) in [4.78, 5) is 52.3. The molecule has 3 aromatic rings. The lowest BCUT2D eigenvalue weighted by Gasteiger charge is -2.20. The maximum atomic E-state index is 12.7. The van der Waals surface area contributed by atoms with E-state index in [0.29, 0.717) is 11.3 Å². The number of aromatic hydroxyl groups is 1. The molecule has 0 radical (unpaired) electrons. The van der Waals surface area contributed by atoms with E-state index in [0.717, 1.165) is 0 Å². The summed E-state index contributed by atoms with van der Waals surface area (Å²) >= 11 is 0. The number of nitrogens with one attached hydrogen (secondary N) is 2. The zero-order chi connectivity index (χ0) is 28.7. The van der Waals surface area contributed by atoms with E-state index in [1.165, 1.54) is 18.3 Å². The average molecular weight is 539 g/mol. The monoisotopic (exact) mass is 538 g/mol. The maximum absolute atomic E-state index is 12.7. The number of nitrogens with two attached hydrogens (primary N) is 2. The first-order valence-electron chi connectivity index (χ1n) is 11.9. The molecule has 1 unspecified atom stereocenters. The molecule has 0 saturated heterocycles. The van der Waals surface area contributed by atoms with Crippen molar-refractivity contribution in [1.82, 2.24) is 30.6 Å². The molecule has 0 aliphatic carbocycles. The van der Waals surface area contributed by atoms with Gasteiger partial charge in [0.2, 0.25) is 5.95 Å². The Morgan fingerprint density at radius 1 is 1.13 bits per heavy atom. The SMILES string of the molecule is CC(C)(C)OC(=O)NCCCC(NC(=O)c1ccc(/C=C/c2cnc3nc(N)nc(N)c3n2)cc1O)C(=O)O. The first-order valence-corrected chi connectivity index (χ1v) is 11.9. The van der Waals surface area contributed by atoms with Crippen LogP contribution in [0.1, 0.15) is 55.2 Å². The standard InChI is InChI=1S/C25H30N8O6/c1-25(2,3)39-24(38)28-10-4-5-16(22(36)37)31-21(35)15-9-7-13(11-17(15)34)6-8-14-12-29-20-18(30-14)19(26)32-23(27)33-20/h6-9,11-12,16,34H,4-5,10H2,1-3H3,(H,28,38)(H,31,35)(H,36,37)(H4,26,27,29,32,33)/b8-6+. The van der Waals surface area contributed by atoms with Crippen LogP contribution >= 0.6 is 0 Å². The Balaban J connectivity index is 1.61. The van der Waals surface area contributed by atoms with Crippen molar-refractivity contribution in [3.8, 4) is 5.75 Å². The number of hydrogen-bond donors (Lipinski definition) is 6. The zero-order valence-electron chi connectivity index (χ0n) is 21.6. The van der Waals surface area contributed by atoms with E-state index < -0.39 is 29.6 Å². The Kier molecular flexibility index (Phi) is 8.80. The quantitative estimate of drug-likeness (QED) is 0.215. The Morgan fingerprint density at radius 2 is 1.87 bits per heavy atom. The van der Waals surface area contributed by atoms with Gasteiger partial charge in [-0.3, -0.25) is 4.79 Å². The lowest BCUT2D eigenvalue weighted by Crippen LogP contribution is -2.41. The van der Waals surface area contributed by atoms with Gasteiger partial charge in [0.05, 0.1) is 17.5 Å². The van der Waals surface area contributed by atoms with Gasteiger partial charge in [0.15, 0.2) is 17.0 Å². The highest BCUT2D eigenvalue weighted by Gasteiger charge is 2.22. The molecule has 1 atom stereocenters. The van der Waals surface area contributed by atoms with Gasteiger partial charge in [-0.15, -0.1) is 0 Å². The smallest absolute Gasteiger partial charge is 0.407 e. The van der Waals surface area contributed by atoms with E-state index in [2.05, 4.69) is 30.6 Å². The molecule has 0 aliphatic heterocycles. The second-order valence-corrected chi connectivity index (χ2v) is 9.48. The minimum Gasteiger partial charge on any atom is -0.507 e. The summed E-state index contributed by atoms with van der Waals surface area (Å²) in [6, 6.07) is 3.06. The first-order chi connectivity index (χ1) is 18.3. The molecule has 3 rings (SSSR count). The van der Waals surface area contributed by atoms with E-state index >= 15 is 0 Å². The minimum absolute atomic E-state index is 0.0120. The van der Waals surface area contributed by atoms with Gasteiger partial charge in [-0.2, -0.15) is 9.97 Å². The number of rotatable bonds is 9. The minimum atomic E-state index is -1.25. The number of carboxylic acid groups (broad SMARTS) is 1. The number of carboxylic acids is 1. The van der Waals surface area contributed by atoms with Crippen molar-refractivity contribution < 1.29 is 29.3 Å². The maximum Gasteiger partial charge on any atom is 0.407 e. The van der Waals surface area contributed by atoms with Crippen molar-refractivity contribution in [2.45, 2.75) is 45.3 Å². The number of amides is 2. The first kappa shape index (κ1) is 28.6. The van der Waals surface area contributed by atoms with Gasteiger partial charge in [-0.25, -0.2) is 19.6 Å². The van der Waals surface area contributed by atoms with Crippen LogP contribution in [-0.4, -0.2) is 66.3 Å². The number of alkyl carbamates (subject to hydrolysis) is 1. The Bertz CT molecular complexity index is 1420. The van der Waals surface area contributed by atoms with E-state index in [9.17, 15) is 24.6 Å². The Labute approximate surface area is 223 Å². The van der Waals surface area contributed by atoms with E-state index in [-0.39, 0.29) is 53.6 Å². The highest BCUT2D eigenvalue weighted by Crippen LogP contribution is 2.21. The number of phenolic OH excluding ortho intramolecular Hbond substituents is 1.